The summed E-state index contributed by atoms with van der Waals surface area (Å²) in [5, 5.41) is 8.10. The topological polar surface area (TPSA) is 64.9 Å². The van der Waals surface area contributed by atoms with Crippen molar-refractivity contribution < 1.29 is 4.52 Å². The van der Waals surface area contributed by atoms with Crippen LogP contribution in [0.4, 0.5) is 5.69 Å². The van der Waals surface area contributed by atoms with E-state index in [2.05, 4.69) is 31.5 Å². The lowest BCUT2D eigenvalue weighted by Gasteiger charge is -1.99. The zero-order valence-electron chi connectivity index (χ0n) is 10.1. The highest BCUT2D eigenvalue weighted by molar-refractivity contribution is 9.10. The van der Waals surface area contributed by atoms with E-state index in [1.807, 2.05) is 24.4 Å². The third-order valence-corrected chi connectivity index (χ3v) is 4.32. The molecule has 0 aliphatic rings. The molecular formula is C13H10BrN3OS. The summed E-state index contributed by atoms with van der Waals surface area (Å²) in [6.45, 7) is 2.03. The van der Waals surface area contributed by atoms with Crippen molar-refractivity contribution in [2.75, 3.05) is 5.73 Å². The summed E-state index contributed by atoms with van der Waals surface area (Å²) in [5.41, 5.74) is 9.43. The maximum atomic E-state index is 5.76. The highest BCUT2D eigenvalue weighted by Crippen LogP contribution is 2.29. The van der Waals surface area contributed by atoms with Gasteiger partial charge in [-0.3, -0.25) is 0 Å². The maximum Gasteiger partial charge on any atom is 0.258 e. The minimum atomic E-state index is 0.487. The summed E-state index contributed by atoms with van der Waals surface area (Å²) in [7, 11) is 0. The molecule has 0 aliphatic carbocycles. The number of nitrogen functional groups attached to an aromatic ring is 1. The van der Waals surface area contributed by atoms with Gasteiger partial charge in [0.15, 0.2) is 0 Å². The number of hydrogen-bond acceptors (Lipinski definition) is 5. The number of thiophene rings is 1. The molecule has 96 valence electrons. The second-order valence-corrected chi connectivity index (χ2v) is 5.73. The first-order chi connectivity index (χ1) is 9.15. The van der Waals surface area contributed by atoms with Crippen LogP contribution in [0.15, 0.2) is 38.0 Å². The number of aromatic nitrogens is 2. The van der Waals surface area contributed by atoms with Crippen molar-refractivity contribution in [2.24, 2.45) is 0 Å². The SMILES string of the molecule is Cc1cscc1-c1noc(-c2ccc(N)c(Br)c2)n1. The van der Waals surface area contributed by atoms with Gasteiger partial charge in [0.05, 0.1) is 0 Å². The second kappa shape index (κ2) is 4.79. The average Bonchev–Trinajstić information content (AvgIpc) is 3.01. The molecule has 4 nitrogen and oxygen atoms in total. The van der Waals surface area contributed by atoms with Crippen molar-refractivity contribution in [2.45, 2.75) is 6.92 Å². The molecular weight excluding hydrogens is 326 g/mol. The molecule has 2 heterocycles. The van der Waals surface area contributed by atoms with E-state index in [1.165, 1.54) is 0 Å². The van der Waals surface area contributed by atoms with Crippen LogP contribution >= 0.6 is 27.3 Å². The zero-order chi connectivity index (χ0) is 13.4. The van der Waals surface area contributed by atoms with Gasteiger partial charge >= 0.3 is 0 Å². The minimum Gasteiger partial charge on any atom is -0.398 e. The van der Waals surface area contributed by atoms with E-state index in [9.17, 15) is 0 Å². The predicted molar refractivity (Wildman–Crippen MR) is 79.9 cm³/mol. The van der Waals surface area contributed by atoms with Gasteiger partial charge in [-0.05, 0) is 52.0 Å². The van der Waals surface area contributed by atoms with Crippen molar-refractivity contribution in [1.82, 2.24) is 10.1 Å². The largest absolute Gasteiger partial charge is 0.398 e. The van der Waals surface area contributed by atoms with Crippen LogP contribution in [0.2, 0.25) is 0 Å². The summed E-state index contributed by atoms with van der Waals surface area (Å²) in [6, 6.07) is 5.53. The van der Waals surface area contributed by atoms with Crippen molar-refractivity contribution in [1.29, 1.82) is 0 Å². The Morgan fingerprint density at radius 1 is 1.32 bits per heavy atom. The quantitative estimate of drug-likeness (QED) is 0.715. The fourth-order valence-electron chi connectivity index (χ4n) is 1.70. The Kier molecular flexibility index (Phi) is 3.12. The molecule has 0 aliphatic heterocycles. The van der Waals surface area contributed by atoms with Crippen LogP contribution in [-0.4, -0.2) is 10.1 Å². The number of nitrogens with two attached hydrogens (primary N) is 1. The Morgan fingerprint density at radius 3 is 2.84 bits per heavy atom. The van der Waals surface area contributed by atoms with E-state index in [0.717, 1.165) is 21.2 Å². The van der Waals surface area contributed by atoms with Crippen LogP contribution in [0.25, 0.3) is 22.8 Å². The fourth-order valence-corrected chi connectivity index (χ4v) is 2.91. The van der Waals surface area contributed by atoms with Gasteiger partial charge in [-0.1, -0.05) is 5.16 Å². The lowest BCUT2D eigenvalue weighted by atomic mass is 10.2. The molecule has 0 amide bonds. The molecule has 0 saturated carbocycles. The predicted octanol–water partition coefficient (Wildman–Crippen LogP) is 4.12. The molecule has 1 aromatic carbocycles. The molecule has 0 bridgehead atoms. The number of benzene rings is 1. The molecule has 6 heteroatoms. The van der Waals surface area contributed by atoms with Gasteiger partial charge in [0, 0.05) is 26.7 Å². The number of anilines is 1. The molecule has 0 fully saturated rings. The Bertz CT molecular complexity index is 735. The lowest BCUT2D eigenvalue weighted by molar-refractivity contribution is 0.432. The Hall–Kier alpha value is -1.66. The van der Waals surface area contributed by atoms with Crippen LogP contribution in [0.1, 0.15) is 5.56 Å². The van der Waals surface area contributed by atoms with Gasteiger partial charge in [-0.15, -0.1) is 0 Å². The fraction of sp³-hybridized carbons (Fsp3) is 0.0769. The molecule has 2 N–H and O–H groups in total. The van der Waals surface area contributed by atoms with Crippen molar-refractivity contribution in [3.8, 4) is 22.8 Å². The van der Waals surface area contributed by atoms with Crippen molar-refractivity contribution in [3.63, 3.8) is 0 Å². The third-order valence-electron chi connectivity index (χ3n) is 2.77. The zero-order valence-corrected chi connectivity index (χ0v) is 12.5. The summed E-state index contributed by atoms with van der Waals surface area (Å²) in [5.74, 6) is 1.10. The van der Waals surface area contributed by atoms with Crippen LogP contribution in [-0.2, 0) is 0 Å². The van der Waals surface area contributed by atoms with E-state index in [1.54, 1.807) is 17.4 Å². The van der Waals surface area contributed by atoms with Crippen LogP contribution in [0.5, 0.6) is 0 Å². The lowest BCUT2D eigenvalue weighted by Crippen LogP contribution is -1.87. The molecule has 3 aromatic rings. The summed E-state index contributed by atoms with van der Waals surface area (Å²) in [4.78, 5) is 4.42. The standard InChI is InChI=1S/C13H10BrN3OS/c1-7-5-19-6-9(7)12-16-13(18-17-12)8-2-3-11(15)10(14)4-8/h2-6H,15H2,1H3. The monoisotopic (exact) mass is 335 g/mol. The highest BCUT2D eigenvalue weighted by atomic mass is 79.9. The average molecular weight is 336 g/mol. The highest BCUT2D eigenvalue weighted by Gasteiger charge is 2.13. The molecule has 0 spiro atoms. The summed E-state index contributed by atoms with van der Waals surface area (Å²) < 4.78 is 6.12. The number of hydrogen-bond donors (Lipinski definition) is 1. The molecule has 0 atom stereocenters. The van der Waals surface area contributed by atoms with Crippen molar-refractivity contribution in [3.05, 3.63) is 39.0 Å². The van der Waals surface area contributed by atoms with Crippen LogP contribution in [0, 0.1) is 6.92 Å². The second-order valence-electron chi connectivity index (χ2n) is 4.13. The summed E-state index contributed by atoms with van der Waals surface area (Å²) in [6.07, 6.45) is 0. The first-order valence-corrected chi connectivity index (χ1v) is 7.31. The van der Waals surface area contributed by atoms with Crippen molar-refractivity contribution >= 4 is 33.0 Å². The van der Waals surface area contributed by atoms with E-state index in [4.69, 9.17) is 10.3 Å². The number of aryl methyl sites for hydroxylation is 1. The molecule has 0 unspecified atom stereocenters. The van der Waals surface area contributed by atoms with Gasteiger partial charge in [-0.2, -0.15) is 16.3 Å². The third kappa shape index (κ3) is 2.29. The molecule has 0 saturated heterocycles. The van der Waals surface area contributed by atoms with Gasteiger partial charge in [-0.25, -0.2) is 0 Å². The van der Waals surface area contributed by atoms with E-state index >= 15 is 0 Å². The smallest absolute Gasteiger partial charge is 0.258 e. The molecule has 2 aromatic heterocycles. The Balaban J connectivity index is 2.01. The summed E-state index contributed by atoms with van der Waals surface area (Å²) >= 11 is 5.01. The van der Waals surface area contributed by atoms with E-state index < -0.39 is 0 Å². The first kappa shape index (κ1) is 12.4. The first-order valence-electron chi connectivity index (χ1n) is 5.57. The number of nitrogens with zero attached hydrogens (tertiary/aromatic N) is 2. The molecule has 0 radical (unpaired) electrons. The van der Waals surface area contributed by atoms with E-state index in [-0.39, 0.29) is 0 Å². The number of halogens is 1. The van der Waals surface area contributed by atoms with Gasteiger partial charge < -0.3 is 10.3 Å². The van der Waals surface area contributed by atoms with Crippen LogP contribution < -0.4 is 5.73 Å². The number of rotatable bonds is 2. The van der Waals surface area contributed by atoms with E-state index in [0.29, 0.717) is 17.4 Å². The Morgan fingerprint density at radius 2 is 2.16 bits per heavy atom. The van der Waals surface area contributed by atoms with Crippen LogP contribution in [0.3, 0.4) is 0 Å². The normalized spacial score (nSPS) is 10.8. The molecule has 19 heavy (non-hydrogen) atoms. The maximum absolute atomic E-state index is 5.76. The van der Waals surface area contributed by atoms with Gasteiger partial charge in [0.2, 0.25) is 5.82 Å². The minimum absolute atomic E-state index is 0.487. The van der Waals surface area contributed by atoms with Gasteiger partial charge in [0.1, 0.15) is 0 Å². The molecule has 3 rings (SSSR count). The van der Waals surface area contributed by atoms with Gasteiger partial charge in [0.25, 0.3) is 5.89 Å². The Labute approximate surface area is 122 Å².